The van der Waals surface area contributed by atoms with E-state index in [-0.39, 0.29) is 5.69 Å². The van der Waals surface area contributed by atoms with Crippen molar-refractivity contribution in [3.63, 3.8) is 0 Å². The van der Waals surface area contributed by atoms with Crippen molar-refractivity contribution in [2.24, 2.45) is 0 Å². The van der Waals surface area contributed by atoms with E-state index in [2.05, 4.69) is 10.6 Å². The fraction of sp³-hybridized carbons (Fsp3) is 0.133. The molecule has 0 aliphatic carbocycles. The van der Waals surface area contributed by atoms with Gasteiger partial charge in [0.2, 0.25) is 0 Å². The molecule has 2 aromatic carbocycles. The van der Waals surface area contributed by atoms with E-state index in [1.807, 2.05) is 19.1 Å². The zero-order valence-corrected chi connectivity index (χ0v) is 14.0. The molecule has 0 aromatic heterocycles. The van der Waals surface area contributed by atoms with E-state index < -0.39 is 4.92 Å². The third kappa shape index (κ3) is 4.30. The molecular weight excluding hydrogens is 338 g/mol. The largest absolute Gasteiger partial charge is 0.494 e. The fourth-order valence-corrected chi connectivity index (χ4v) is 2.26. The third-order valence-electron chi connectivity index (χ3n) is 3.07. The second-order valence-corrected chi connectivity index (χ2v) is 5.50. The van der Waals surface area contributed by atoms with E-state index in [0.717, 1.165) is 11.3 Å². The Hall–Kier alpha value is -2.38. The number of halogens is 1. The number of methoxy groups -OCH3 is 1. The lowest BCUT2D eigenvalue weighted by Crippen LogP contribution is -2.19. The van der Waals surface area contributed by atoms with Crippen molar-refractivity contribution in [1.82, 2.24) is 0 Å². The van der Waals surface area contributed by atoms with Gasteiger partial charge < -0.3 is 15.4 Å². The standard InChI is InChI=1S/C15H14ClN3O3S/c1-9-3-4-10(7-12(9)16)17-15(23)18-13-6-5-11(19(20)21)8-14(13)22-2/h3-8H,1-2H3,(H2,17,18,23). The molecule has 0 bridgehead atoms. The van der Waals surface area contributed by atoms with Crippen molar-refractivity contribution in [2.45, 2.75) is 6.92 Å². The molecule has 2 N–H and O–H groups in total. The first-order chi connectivity index (χ1) is 10.9. The molecule has 120 valence electrons. The van der Waals surface area contributed by atoms with Crippen molar-refractivity contribution < 1.29 is 9.66 Å². The normalized spacial score (nSPS) is 10.0. The minimum atomic E-state index is -0.489. The zero-order chi connectivity index (χ0) is 17.0. The Morgan fingerprint density at radius 1 is 1.26 bits per heavy atom. The van der Waals surface area contributed by atoms with E-state index >= 15 is 0 Å². The number of nitrogens with zero attached hydrogens (tertiary/aromatic N) is 1. The molecule has 0 radical (unpaired) electrons. The van der Waals surface area contributed by atoms with Gasteiger partial charge in [0.25, 0.3) is 5.69 Å². The van der Waals surface area contributed by atoms with Crippen molar-refractivity contribution in [3.8, 4) is 5.75 Å². The molecule has 0 amide bonds. The SMILES string of the molecule is COc1cc([N+](=O)[O-])ccc1NC(=S)Nc1ccc(C)c(Cl)c1. The molecule has 0 fully saturated rings. The molecule has 0 unspecified atom stereocenters. The molecule has 2 aromatic rings. The summed E-state index contributed by atoms with van der Waals surface area (Å²) < 4.78 is 5.15. The van der Waals surface area contributed by atoms with Crippen LogP contribution in [0.3, 0.4) is 0 Å². The molecule has 0 atom stereocenters. The first-order valence-electron chi connectivity index (χ1n) is 6.57. The van der Waals surface area contributed by atoms with Gasteiger partial charge in [-0.3, -0.25) is 10.1 Å². The van der Waals surface area contributed by atoms with E-state index in [1.165, 1.54) is 25.3 Å². The molecule has 2 rings (SSSR count). The number of nitro groups is 1. The monoisotopic (exact) mass is 351 g/mol. The quantitative estimate of drug-likeness (QED) is 0.484. The zero-order valence-electron chi connectivity index (χ0n) is 12.4. The lowest BCUT2D eigenvalue weighted by atomic mass is 10.2. The van der Waals surface area contributed by atoms with Crippen LogP contribution in [0, 0.1) is 17.0 Å². The Kier molecular flexibility index (Phi) is 5.36. The first-order valence-corrected chi connectivity index (χ1v) is 7.36. The summed E-state index contributed by atoms with van der Waals surface area (Å²) >= 11 is 11.3. The maximum absolute atomic E-state index is 10.8. The average molecular weight is 352 g/mol. The smallest absolute Gasteiger partial charge is 0.273 e. The van der Waals surface area contributed by atoms with Crippen LogP contribution in [0.2, 0.25) is 5.02 Å². The van der Waals surface area contributed by atoms with Gasteiger partial charge in [0.05, 0.1) is 23.8 Å². The topological polar surface area (TPSA) is 76.4 Å². The van der Waals surface area contributed by atoms with Gasteiger partial charge in [0, 0.05) is 16.8 Å². The van der Waals surface area contributed by atoms with E-state index in [1.54, 1.807) is 6.07 Å². The van der Waals surface area contributed by atoms with Crippen LogP contribution in [0.15, 0.2) is 36.4 Å². The van der Waals surface area contributed by atoms with Gasteiger partial charge in [0.1, 0.15) is 5.75 Å². The number of nitro benzene ring substituents is 1. The Labute approximate surface area is 143 Å². The summed E-state index contributed by atoms with van der Waals surface area (Å²) in [5.74, 6) is 0.324. The summed E-state index contributed by atoms with van der Waals surface area (Å²) in [6.07, 6.45) is 0. The lowest BCUT2D eigenvalue weighted by Gasteiger charge is -2.13. The predicted molar refractivity (Wildman–Crippen MR) is 95.7 cm³/mol. The number of aryl methyl sites for hydroxylation is 1. The van der Waals surface area contributed by atoms with Gasteiger partial charge in [-0.25, -0.2) is 0 Å². The molecule has 0 saturated heterocycles. The van der Waals surface area contributed by atoms with Crippen LogP contribution in [-0.2, 0) is 0 Å². The average Bonchev–Trinajstić information content (AvgIpc) is 2.51. The Balaban J connectivity index is 2.13. The van der Waals surface area contributed by atoms with Crippen molar-refractivity contribution in [3.05, 3.63) is 57.1 Å². The summed E-state index contributed by atoms with van der Waals surface area (Å²) in [4.78, 5) is 10.3. The number of non-ortho nitro benzene ring substituents is 1. The second kappa shape index (κ2) is 7.26. The number of nitrogens with one attached hydrogen (secondary N) is 2. The molecule has 0 spiro atoms. The van der Waals surface area contributed by atoms with Crippen LogP contribution in [-0.4, -0.2) is 17.1 Å². The minimum Gasteiger partial charge on any atom is -0.494 e. The van der Waals surface area contributed by atoms with Gasteiger partial charge in [-0.1, -0.05) is 17.7 Å². The highest BCUT2D eigenvalue weighted by molar-refractivity contribution is 7.80. The summed E-state index contributed by atoms with van der Waals surface area (Å²) in [6.45, 7) is 1.91. The Morgan fingerprint density at radius 2 is 2.00 bits per heavy atom. The number of hydrogen-bond donors (Lipinski definition) is 2. The Morgan fingerprint density at radius 3 is 2.61 bits per heavy atom. The highest BCUT2D eigenvalue weighted by Gasteiger charge is 2.12. The molecule has 23 heavy (non-hydrogen) atoms. The van der Waals surface area contributed by atoms with Gasteiger partial charge in [0.15, 0.2) is 5.11 Å². The van der Waals surface area contributed by atoms with Crippen LogP contribution in [0.25, 0.3) is 0 Å². The van der Waals surface area contributed by atoms with Crippen LogP contribution in [0.4, 0.5) is 17.1 Å². The van der Waals surface area contributed by atoms with E-state index in [9.17, 15) is 10.1 Å². The fourth-order valence-electron chi connectivity index (χ4n) is 1.85. The molecular formula is C15H14ClN3O3S. The maximum Gasteiger partial charge on any atom is 0.273 e. The number of rotatable bonds is 4. The number of ether oxygens (including phenoxy) is 1. The second-order valence-electron chi connectivity index (χ2n) is 4.68. The third-order valence-corrected chi connectivity index (χ3v) is 3.69. The summed E-state index contributed by atoms with van der Waals surface area (Å²) in [7, 11) is 1.43. The number of thiocarbonyl (C=S) groups is 1. The highest BCUT2D eigenvalue weighted by Crippen LogP contribution is 2.29. The van der Waals surface area contributed by atoms with Gasteiger partial charge in [-0.05, 0) is 42.9 Å². The highest BCUT2D eigenvalue weighted by atomic mass is 35.5. The number of anilines is 2. The van der Waals surface area contributed by atoms with Gasteiger partial charge >= 0.3 is 0 Å². The molecule has 0 saturated carbocycles. The van der Waals surface area contributed by atoms with E-state index in [0.29, 0.717) is 21.6 Å². The molecule has 0 aliphatic heterocycles. The summed E-state index contributed by atoms with van der Waals surface area (Å²) in [5.41, 5.74) is 2.16. The Bertz CT molecular complexity index is 768. The maximum atomic E-state index is 10.8. The van der Waals surface area contributed by atoms with Gasteiger partial charge in [-0.15, -0.1) is 0 Å². The predicted octanol–water partition coefficient (Wildman–Crippen LogP) is 4.37. The lowest BCUT2D eigenvalue weighted by molar-refractivity contribution is -0.384. The number of benzene rings is 2. The molecule has 0 aliphatic rings. The van der Waals surface area contributed by atoms with Crippen molar-refractivity contribution >= 4 is 46.0 Å². The van der Waals surface area contributed by atoms with Crippen LogP contribution < -0.4 is 15.4 Å². The summed E-state index contributed by atoms with van der Waals surface area (Å²) in [6, 6.07) is 9.72. The van der Waals surface area contributed by atoms with Crippen molar-refractivity contribution in [1.29, 1.82) is 0 Å². The van der Waals surface area contributed by atoms with Crippen LogP contribution in [0.5, 0.6) is 5.75 Å². The van der Waals surface area contributed by atoms with E-state index in [4.69, 9.17) is 28.6 Å². The van der Waals surface area contributed by atoms with Crippen LogP contribution >= 0.6 is 23.8 Å². The first kappa shape index (κ1) is 17.0. The molecule has 6 nitrogen and oxygen atoms in total. The number of hydrogen-bond acceptors (Lipinski definition) is 4. The minimum absolute atomic E-state index is 0.0587. The van der Waals surface area contributed by atoms with Crippen molar-refractivity contribution in [2.75, 3.05) is 17.7 Å². The molecule has 8 heteroatoms. The van der Waals surface area contributed by atoms with Gasteiger partial charge in [-0.2, -0.15) is 0 Å². The van der Waals surface area contributed by atoms with Crippen LogP contribution in [0.1, 0.15) is 5.56 Å². The summed E-state index contributed by atoms with van der Waals surface area (Å²) in [5, 5.41) is 17.7. The molecule has 0 heterocycles.